The highest BCUT2D eigenvalue weighted by Crippen LogP contribution is 2.44. The number of likely N-dealkylation sites (tertiary alicyclic amines) is 1. The molecule has 4 aromatic rings. The zero-order chi connectivity index (χ0) is 29.4. The summed E-state index contributed by atoms with van der Waals surface area (Å²) in [7, 11) is 0. The van der Waals surface area contributed by atoms with Gasteiger partial charge < -0.3 is 19.5 Å². The number of aliphatic hydroxyl groups is 1. The number of fused-ring (bicyclic) bond motifs is 2. The molecule has 1 unspecified atom stereocenters. The van der Waals surface area contributed by atoms with Gasteiger partial charge in [-0.3, -0.25) is 9.89 Å². The normalized spacial score (nSPS) is 18.1. The number of imidazole rings is 1. The van der Waals surface area contributed by atoms with E-state index in [4.69, 9.17) is 21.3 Å². The highest BCUT2D eigenvalue weighted by atomic mass is 35.5. The van der Waals surface area contributed by atoms with Gasteiger partial charge in [-0.05, 0) is 80.2 Å². The molecule has 218 valence electrons. The molecule has 42 heavy (non-hydrogen) atoms. The zero-order valence-electron chi connectivity index (χ0n) is 23.2. The Labute approximate surface area is 248 Å². The van der Waals surface area contributed by atoms with E-state index in [9.17, 15) is 19.4 Å². The molecule has 0 radical (unpaired) electrons. The molecule has 2 aliphatic rings. The lowest BCUT2D eigenvalue weighted by Gasteiger charge is -2.34. The second kappa shape index (κ2) is 11.8. The van der Waals surface area contributed by atoms with Crippen LogP contribution in [-0.2, 0) is 13.1 Å². The van der Waals surface area contributed by atoms with E-state index in [1.807, 2.05) is 23.6 Å². The van der Waals surface area contributed by atoms with Crippen LogP contribution in [0.4, 0.5) is 10.1 Å². The Hall–Kier alpha value is -3.79. The Kier molecular flexibility index (Phi) is 7.98. The number of aliphatic imine (C=N–C) groups is 1. The molecule has 8 nitrogen and oxygen atoms in total. The van der Waals surface area contributed by atoms with Gasteiger partial charge in [0.25, 0.3) is 0 Å². The zero-order valence-corrected chi connectivity index (χ0v) is 24.0. The summed E-state index contributed by atoms with van der Waals surface area (Å²) in [6.07, 6.45) is 2.81. The number of carboxylic acids is 1. The number of hydrogen-bond donors (Lipinski definition) is 2. The fraction of sp³-hybridized carbons (Fsp3) is 0.344. The third-order valence-corrected chi connectivity index (χ3v) is 8.45. The molecule has 3 heterocycles. The fourth-order valence-corrected chi connectivity index (χ4v) is 6.01. The van der Waals surface area contributed by atoms with Gasteiger partial charge in [0.05, 0.1) is 42.0 Å². The van der Waals surface area contributed by atoms with Crippen LogP contribution < -0.4 is 4.74 Å². The summed E-state index contributed by atoms with van der Waals surface area (Å²) in [6, 6.07) is 15.5. The number of aromatic carboxylic acids is 1. The third-order valence-electron chi connectivity index (χ3n) is 8.22. The predicted octanol–water partition coefficient (Wildman–Crippen LogP) is 6.51. The van der Waals surface area contributed by atoms with Crippen LogP contribution in [0.15, 0.2) is 59.6 Å². The van der Waals surface area contributed by atoms with E-state index >= 15 is 0 Å². The minimum absolute atomic E-state index is 0.195. The molecule has 1 fully saturated rings. The number of ether oxygens (including phenoxy) is 1. The summed E-state index contributed by atoms with van der Waals surface area (Å²) >= 11 is 5.95. The lowest BCUT2D eigenvalue weighted by atomic mass is 9.88. The minimum Gasteiger partial charge on any atom is -0.478 e. The van der Waals surface area contributed by atoms with Gasteiger partial charge in [0, 0.05) is 10.6 Å². The average Bonchev–Trinajstić information content (AvgIpc) is 3.32. The topological polar surface area (TPSA) is 100 Å². The first-order chi connectivity index (χ1) is 20.3. The lowest BCUT2D eigenvalue weighted by molar-refractivity contribution is 0.0697. The van der Waals surface area contributed by atoms with Gasteiger partial charge >= 0.3 is 5.97 Å². The molecule has 2 atom stereocenters. The van der Waals surface area contributed by atoms with Crippen molar-refractivity contribution < 1.29 is 24.1 Å². The second-order valence-corrected chi connectivity index (χ2v) is 11.4. The van der Waals surface area contributed by atoms with E-state index in [1.54, 1.807) is 36.5 Å². The SMILES string of the molecule is CC[C@H](O)Cn1c(CN2CCC(c3cccc4c3OC(c3ccc(Cl)cc3F)C=N4)CC2)nc2ccc(C(=O)O)cc21. The Balaban J connectivity index is 1.19. The van der Waals surface area contributed by atoms with Crippen molar-refractivity contribution in [2.24, 2.45) is 4.99 Å². The Morgan fingerprint density at radius 2 is 1.95 bits per heavy atom. The molecule has 2 aliphatic heterocycles. The van der Waals surface area contributed by atoms with Crippen molar-refractivity contribution in [2.45, 2.75) is 57.4 Å². The number of piperidine rings is 1. The number of benzene rings is 3. The van der Waals surface area contributed by atoms with Crippen LogP contribution in [0.25, 0.3) is 11.0 Å². The number of aromatic nitrogens is 2. The maximum absolute atomic E-state index is 14.7. The van der Waals surface area contributed by atoms with E-state index < -0.39 is 24.0 Å². The number of rotatable bonds is 8. The average molecular weight is 591 g/mol. The van der Waals surface area contributed by atoms with Gasteiger partial charge in [0.2, 0.25) is 0 Å². The van der Waals surface area contributed by atoms with Gasteiger partial charge in [0.15, 0.2) is 6.10 Å². The highest BCUT2D eigenvalue weighted by molar-refractivity contribution is 6.30. The number of aliphatic hydroxyl groups excluding tert-OH is 1. The molecule has 0 spiro atoms. The summed E-state index contributed by atoms with van der Waals surface area (Å²) < 4.78 is 23.0. The Morgan fingerprint density at radius 1 is 1.14 bits per heavy atom. The number of halogens is 2. The molecule has 3 aromatic carbocycles. The van der Waals surface area contributed by atoms with Crippen molar-refractivity contribution >= 4 is 40.5 Å². The molecule has 2 N–H and O–H groups in total. The molecular weight excluding hydrogens is 559 g/mol. The van der Waals surface area contributed by atoms with Gasteiger partial charge in [-0.15, -0.1) is 0 Å². The first-order valence-electron chi connectivity index (χ1n) is 14.2. The van der Waals surface area contributed by atoms with E-state index in [0.29, 0.717) is 46.9 Å². The van der Waals surface area contributed by atoms with E-state index in [0.717, 1.165) is 43.0 Å². The number of carboxylic acid groups (broad SMARTS) is 1. The van der Waals surface area contributed by atoms with Gasteiger partial charge in [-0.25, -0.2) is 14.2 Å². The molecular formula is C32H32ClFN4O4. The van der Waals surface area contributed by atoms with Crippen molar-refractivity contribution in [1.82, 2.24) is 14.5 Å². The van der Waals surface area contributed by atoms with Crippen molar-refractivity contribution in [3.8, 4) is 5.75 Å². The number of nitrogens with zero attached hydrogens (tertiary/aromatic N) is 4. The first kappa shape index (κ1) is 28.3. The summed E-state index contributed by atoms with van der Waals surface area (Å²) in [5.41, 5.74) is 3.83. The largest absolute Gasteiger partial charge is 0.478 e. The van der Waals surface area contributed by atoms with Crippen LogP contribution in [0.3, 0.4) is 0 Å². The first-order valence-corrected chi connectivity index (χ1v) is 14.6. The lowest BCUT2D eigenvalue weighted by Crippen LogP contribution is -2.34. The molecule has 0 bridgehead atoms. The second-order valence-electron chi connectivity index (χ2n) is 10.9. The van der Waals surface area contributed by atoms with Crippen LogP contribution in [0.1, 0.15) is 65.5 Å². The number of para-hydroxylation sites is 1. The van der Waals surface area contributed by atoms with E-state index in [2.05, 4.69) is 16.0 Å². The van der Waals surface area contributed by atoms with E-state index in [-0.39, 0.29) is 11.5 Å². The molecule has 0 saturated carbocycles. The Morgan fingerprint density at radius 3 is 2.69 bits per heavy atom. The van der Waals surface area contributed by atoms with E-state index in [1.165, 1.54) is 6.07 Å². The van der Waals surface area contributed by atoms with Crippen molar-refractivity contribution in [2.75, 3.05) is 13.1 Å². The summed E-state index contributed by atoms with van der Waals surface area (Å²) in [5, 5.41) is 20.3. The van der Waals surface area contributed by atoms with Gasteiger partial charge in [-0.2, -0.15) is 0 Å². The smallest absolute Gasteiger partial charge is 0.335 e. The maximum atomic E-state index is 14.7. The molecule has 6 rings (SSSR count). The molecule has 1 aromatic heterocycles. The molecule has 10 heteroatoms. The molecule has 0 amide bonds. The monoisotopic (exact) mass is 590 g/mol. The number of hydrogen-bond acceptors (Lipinski definition) is 6. The van der Waals surface area contributed by atoms with Gasteiger partial charge in [-0.1, -0.05) is 36.7 Å². The maximum Gasteiger partial charge on any atom is 0.335 e. The van der Waals surface area contributed by atoms with Crippen LogP contribution in [0.5, 0.6) is 5.75 Å². The van der Waals surface area contributed by atoms with Crippen LogP contribution >= 0.6 is 11.6 Å². The standard InChI is InChI=1S/C32H32ClFN4O4/c1-2-22(39)17-38-28-14-20(32(40)41)6-9-26(28)36-30(38)18-37-12-10-19(11-13-37)23-4-3-5-27-31(23)42-29(16-35-27)24-8-7-21(33)15-25(24)34/h3-9,14-16,19,22,29,39H,2,10-13,17-18H2,1H3,(H,40,41)/t22-,29?/m0/s1. The predicted molar refractivity (Wildman–Crippen MR) is 160 cm³/mol. The van der Waals surface area contributed by atoms with Gasteiger partial charge in [0.1, 0.15) is 23.1 Å². The van der Waals surface area contributed by atoms with Crippen LogP contribution in [0, 0.1) is 5.82 Å². The van der Waals surface area contributed by atoms with Crippen LogP contribution in [0.2, 0.25) is 5.02 Å². The fourth-order valence-electron chi connectivity index (χ4n) is 5.85. The third kappa shape index (κ3) is 5.64. The van der Waals surface area contributed by atoms with Crippen molar-refractivity contribution in [3.63, 3.8) is 0 Å². The number of carbonyl (C=O) groups is 1. The summed E-state index contributed by atoms with van der Waals surface area (Å²) in [4.78, 5) is 23.3. The molecule has 1 saturated heterocycles. The van der Waals surface area contributed by atoms with Crippen molar-refractivity contribution in [3.05, 3.63) is 88.0 Å². The minimum atomic E-state index is -0.994. The quantitative estimate of drug-likeness (QED) is 0.242. The van der Waals surface area contributed by atoms with Crippen LogP contribution in [-0.4, -0.2) is 56.0 Å². The highest BCUT2D eigenvalue weighted by Gasteiger charge is 2.29. The summed E-state index contributed by atoms with van der Waals surface area (Å²) in [5.74, 6) is 0.332. The summed E-state index contributed by atoms with van der Waals surface area (Å²) in [6.45, 7) is 4.51. The van der Waals surface area contributed by atoms with Crippen molar-refractivity contribution in [1.29, 1.82) is 0 Å². The molecule has 0 aliphatic carbocycles. The Bertz CT molecular complexity index is 1660.